The zero-order valence-corrected chi connectivity index (χ0v) is 15.8. The molecule has 1 atom stereocenters. The minimum Gasteiger partial charge on any atom is -0.487 e. The first-order valence-electron chi connectivity index (χ1n) is 9.57. The van der Waals surface area contributed by atoms with Crippen LogP contribution in [0.1, 0.15) is 34.5 Å². The Balaban J connectivity index is 1.36. The number of piperidine rings is 1. The zero-order valence-electron chi connectivity index (χ0n) is 15.8. The lowest BCUT2D eigenvalue weighted by Crippen LogP contribution is -2.49. The average molecular weight is 388 g/mol. The first-order chi connectivity index (χ1) is 14.1. The predicted molar refractivity (Wildman–Crippen MR) is 106 cm³/mol. The van der Waals surface area contributed by atoms with Crippen molar-refractivity contribution in [2.45, 2.75) is 32.0 Å². The van der Waals surface area contributed by atoms with Gasteiger partial charge in [0.15, 0.2) is 0 Å². The molecule has 29 heavy (non-hydrogen) atoms. The standard InChI is InChI=1S/C22H20N4O3/c1-14-8-9-18(21(27)23-14)26-12-17-16(22(26)28)5-4-6-19(17)29-13-15-11-25-10-3-2-7-20(25)24-15/h2-7,10-11,18H,1,8-9,12-13H2,(H,23,27). The zero-order chi connectivity index (χ0) is 20.0. The molecule has 146 valence electrons. The number of nitrogens with one attached hydrogen (secondary N) is 1. The molecule has 0 aliphatic carbocycles. The van der Waals surface area contributed by atoms with Crippen LogP contribution >= 0.6 is 0 Å². The molecular weight excluding hydrogens is 368 g/mol. The maximum absolute atomic E-state index is 12.9. The van der Waals surface area contributed by atoms with Gasteiger partial charge in [0.25, 0.3) is 5.91 Å². The second-order valence-corrected chi connectivity index (χ2v) is 7.35. The van der Waals surface area contributed by atoms with Gasteiger partial charge in [0.1, 0.15) is 24.0 Å². The smallest absolute Gasteiger partial charge is 0.255 e. The van der Waals surface area contributed by atoms with E-state index in [1.54, 1.807) is 11.0 Å². The van der Waals surface area contributed by atoms with Crippen LogP contribution in [0.25, 0.3) is 5.65 Å². The fourth-order valence-electron chi connectivity index (χ4n) is 3.98. The molecule has 0 radical (unpaired) electrons. The van der Waals surface area contributed by atoms with Gasteiger partial charge in [0, 0.05) is 29.2 Å². The largest absolute Gasteiger partial charge is 0.487 e. The number of carbonyl (C=O) groups is 2. The minimum atomic E-state index is -0.480. The number of hydrogen-bond acceptors (Lipinski definition) is 4. The van der Waals surface area contributed by atoms with E-state index >= 15 is 0 Å². The number of benzene rings is 1. The summed E-state index contributed by atoms with van der Waals surface area (Å²) >= 11 is 0. The normalized spacial score (nSPS) is 18.8. The van der Waals surface area contributed by atoms with E-state index in [1.165, 1.54) is 0 Å². The number of imidazole rings is 1. The van der Waals surface area contributed by atoms with E-state index in [2.05, 4.69) is 16.9 Å². The van der Waals surface area contributed by atoms with Crippen molar-refractivity contribution in [2.24, 2.45) is 0 Å². The third-order valence-electron chi connectivity index (χ3n) is 5.44. The van der Waals surface area contributed by atoms with Gasteiger partial charge in [-0.3, -0.25) is 9.59 Å². The van der Waals surface area contributed by atoms with E-state index < -0.39 is 6.04 Å². The summed E-state index contributed by atoms with van der Waals surface area (Å²) in [4.78, 5) is 31.5. The van der Waals surface area contributed by atoms with Gasteiger partial charge in [-0.2, -0.15) is 0 Å². The van der Waals surface area contributed by atoms with Crippen molar-refractivity contribution in [3.8, 4) is 5.75 Å². The van der Waals surface area contributed by atoms with Crippen LogP contribution in [-0.4, -0.2) is 32.1 Å². The van der Waals surface area contributed by atoms with Crippen molar-refractivity contribution in [3.63, 3.8) is 0 Å². The van der Waals surface area contributed by atoms with E-state index in [0.717, 1.165) is 16.9 Å². The van der Waals surface area contributed by atoms with Crippen LogP contribution in [0.4, 0.5) is 0 Å². The number of fused-ring (bicyclic) bond motifs is 2. The molecule has 2 aromatic heterocycles. The fourth-order valence-corrected chi connectivity index (χ4v) is 3.98. The predicted octanol–water partition coefficient (Wildman–Crippen LogP) is 2.66. The molecule has 1 N–H and O–H groups in total. The van der Waals surface area contributed by atoms with E-state index in [9.17, 15) is 9.59 Å². The summed E-state index contributed by atoms with van der Waals surface area (Å²) in [5.74, 6) is 0.344. The summed E-state index contributed by atoms with van der Waals surface area (Å²) in [7, 11) is 0. The second kappa shape index (κ2) is 6.77. The van der Waals surface area contributed by atoms with Gasteiger partial charge in [-0.1, -0.05) is 18.7 Å². The van der Waals surface area contributed by atoms with E-state index in [1.807, 2.05) is 47.1 Å². The number of pyridine rings is 1. The Morgan fingerprint density at radius 3 is 2.93 bits per heavy atom. The lowest BCUT2D eigenvalue weighted by atomic mass is 10.0. The summed E-state index contributed by atoms with van der Waals surface area (Å²) in [6, 6.07) is 10.8. The molecule has 1 fully saturated rings. The molecule has 0 saturated carbocycles. The summed E-state index contributed by atoms with van der Waals surface area (Å²) in [6.07, 6.45) is 5.12. The highest BCUT2D eigenvalue weighted by atomic mass is 16.5. The van der Waals surface area contributed by atoms with Gasteiger partial charge in [-0.05, 0) is 37.1 Å². The molecule has 0 bridgehead atoms. The molecule has 1 unspecified atom stereocenters. The highest BCUT2D eigenvalue weighted by Gasteiger charge is 2.39. The maximum atomic E-state index is 12.9. The number of carbonyl (C=O) groups excluding carboxylic acids is 2. The fraction of sp³-hybridized carbons (Fsp3) is 0.227. The van der Waals surface area contributed by atoms with Crippen LogP contribution in [0.15, 0.2) is 61.1 Å². The summed E-state index contributed by atoms with van der Waals surface area (Å²) in [6.45, 7) is 4.47. The quantitative estimate of drug-likeness (QED) is 0.746. The van der Waals surface area contributed by atoms with Crippen LogP contribution in [0, 0.1) is 0 Å². The van der Waals surface area contributed by atoms with Crippen molar-refractivity contribution in [1.29, 1.82) is 0 Å². The number of aromatic nitrogens is 2. The van der Waals surface area contributed by atoms with Crippen LogP contribution in [-0.2, 0) is 17.9 Å². The van der Waals surface area contributed by atoms with Crippen molar-refractivity contribution >= 4 is 17.5 Å². The topological polar surface area (TPSA) is 75.9 Å². The second-order valence-electron chi connectivity index (χ2n) is 7.35. The van der Waals surface area contributed by atoms with Gasteiger partial charge in [0.2, 0.25) is 5.91 Å². The van der Waals surface area contributed by atoms with E-state index in [4.69, 9.17) is 4.74 Å². The summed E-state index contributed by atoms with van der Waals surface area (Å²) < 4.78 is 7.96. The molecule has 2 amide bonds. The summed E-state index contributed by atoms with van der Waals surface area (Å²) in [5, 5.41) is 2.76. The molecule has 0 spiro atoms. The van der Waals surface area contributed by atoms with Crippen LogP contribution in [0.2, 0.25) is 0 Å². The highest BCUT2D eigenvalue weighted by Crippen LogP contribution is 2.34. The molecule has 4 heterocycles. The molecule has 2 aliphatic heterocycles. The number of hydrogen-bond donors (Lipinski definition) is 1. The third kappa shape index (κ3) is 3.04. The average Bonchev–Trinajstić information content (AvgIpc) is 3.28. The molecule has 1 aromatic carbocycles. The number of rotatable bonds is 4. The Morgan fingerprint density at radius 1 is 1.21 bits per heavy atom. The molecule has 3 aromatic rings. The van der Waals surface area contributed by atoms with Crippen LogP contribution in [0.3, 0.4) is 0 Å². The van der Waals surface area contributed by atoms with Gasteiger partial charge >= 0.3 is 0 Å². The Kier molecular flexibility index (Phi) is 4.08. The van der Waals surface area contributed by atoms with Crippen molar-refractivity contribution in [1.82, 2.24) is 19.6 Å². The molecule has 1 saturated heterocycles. The monoisotopic (exact) mass is 388 g/mol. The lowest BCUT2D eigenvalue weighted by molar-refractivity contribution is -0.126. The number of amides is 2. The first-order valence-corrected chi connectivity index (χ1v) is 9.57. The van der Waals surface area contributed by atoms with Gasteiger partial charge in [-0.25, -0.2) is 4.98 Å². The minimum absolute atomic E-state index is 0.133. The molecule has 5 rings (SSSR count). The molecule has 7 nitrogen and oxygen atoms in total. The Bertz CT molecular complexity index is 1120. The maximum Gasteiger partial charge on any atom is 0.255 e. The van der Waals surface area contributed by atoms with Gasteiger partial charge in [-0.15, -0.1) is 0 Å². The van der Waals surface area contributed by atoms with Gasteiger partial charge < -0.3 is 19.4 Å². The molecular formula is C22H20N4O3. The van der Waals surface area contributed by atoms with Crippen molar-refractivity contribution in [3.05, 3.63) is 77.9 Å². The van der Waals surface area contributed by atoms with Crippen LogP contribution < -0.4 is 10.1 Å². The van der Waals surface area contributed by atoms with Crippen molar-refractivity contribution in [2.75, 3.05) is 0 Å². The number of allylic oxidation sites excluding steroid dienone is 1. The Hall–Kier alpha value is -3.61. The first kappa shape index (κ1) is 17.5. The molecule has 7 heteroatoms. The third-order valence-corrected chi connectivity index (χ3v) is 5.44. The Morgan fingerprint density at radius 2 is 2.10 bits per heavy atom. The highest BCUT2D eigenvalue weighted by molar-refractivity contribution is 6.02. The summed E-state index contributed by atoms with van der Waals surface area (Å²) in [5.41, 5.74) is 3.77. The SMILES string of the molecule is C=C1CCC(N2Cc3c(OCc4cn5ccccc5n4)cccc3C2=O)C(=O)N1. The van der Waals surface area contributed by atoms with E-state index in [0.29, 0.717) is 43.0 Å². The number of nitrogens with zero attached hydrogens (tertiary/aromatic N) is 3. The van der Waals surface area contributed by atoms with Crippen LogP contribution in [0.5, 0.6) is 5.75 Å². The van der Waals surface area contributed by atoms with Gasteiger partial charge in [0.05, 0.1) is 12.2 Å². The number of ether oxygens (including phenoxy) is 1. The van der Waals surface area contributed by atoms with Crippen molar-refractivity contribution < 1.29 is 14.3 Å². The lowest BCUT2D eigenvalue weighted by Gasteiger charge is -2.31. The Labute approximate surface area is 167 Å². The van der Waals surface area contributed by atoms with E-state index in [-0.39, 0.29) is 11.8 Å². The molecule has 2 aliphatic rings.